The number of rotatable bonds is 2. The fourth-order valence-corrected chi connectivity index (χ4v) is 5.65. The first kappa shape index (κ1) is 22.1. The molecule has 34 heavy (non-hydrogen) atoms. The lowest BCUT2D eigenvalue weighted by molar-refractivity contribution is -0.308. The molecular weight excluding hydrogens is 424 g/mol. The molecule has 1 aliphatic carbocycles. The van der Waals surface area contributed by atoms with E-state index in [2.05, 4.69) is 39.8 Å². The molecule has 0 saturated carbocycles. The minimum absolute atomic E-state index is 0.0597. The zero-order valence-corrected chi connectivity index (χ0v) is 20.4. The van der Waals surface area contributed by atoms with E-state index in [-0.39, 0.29) is 11.1 Å². The van der Waals surface area contributed by atoms with Crippen molar-refractivity contribution < 1.29 is 15.0 Å². The second-order valence-corrected chi connectivity index (χ2v) is 10.3. The van der Waals surface area contributed by atoms with Crippen molar-refractivity contribution in [3.8, 4) is 0 Å². The van der Waals surface area contributed by atoms with E-state index in [1.54, 1.807) is 12.2 Å². The van der Waals surface area contributed by atoms with Gasteiger partial charge in [-0.15, -0.1) is 0 Å². The van der Waals surface area contributed by atoms with E-state index in [1.165, 1.54) is 0 Å². The predicted octanol–water partition coefficient (Wildman–Crippen LogP) is 3.42. The van der Waals surface area contributed by atoms with Crippen LogP contribution in [0.3, 0.4) is 0 Å². The first-order valence-electron chi connectivity index (χ1n) is 11.5. The van der Waals surface area contributed by atoms with E-state index in [9.17, 15) is 15.0 Å². The van der Waals surface area contributed by atoms with Gasteiger partial charge in [-0.2, -0.15) is 0 Å². The van der Waals surface area contributed by atoms with Crippen molar-refractivity contribution in [1.82, 2.24) is 0 Å². The average molecular weight is 453 g/mol. The molecule has 0 atom stereocenters. The SMILES string of the molecule is CN1/C(=C\C2=C([O-])C(/C=C3\N(C)c4ccccc4C3(C)C)=C([O-])C2=O)C(C)(C)c2ccccc21. The first-order chi connectivity index (χ1) is 16.0. The molecule has 2 aromatic carbocycles. The van der Waals surface area contributed by atoms with Crippen molar-refractivity contribution in [1.29, 1.82) is 0 Å². The van der Waals surface area contributed by atoms with Gasteiger partial charge in [0.05, 0.1) is 0 Å². The lowest BCUT2D eigenvalue weighted by Gasteiger charge is -2.26. The van der Waals surface area contributed by atoms with Crippen LogP contribution in [-0.2, 0) is 15.6 Å². The Hall–Kier alpha value is -3.73. The van der Waals surface area contributed by atoms with Gasteiger partial charge in [-0.1, -0.05) is 75.6 Å². The van der Waals surface area contributed by atoms with Crippen LogP contribution < -0.4 is 20.0 Å². The molecule has 5 nitrogen and oxygen atoms in total. The Balaban J connectivity index is 1.60. The molecular formula is C29H28N2O3-2. The van der Waals surface area contributed by atoms with Crippen LogP contribution in [0.25, 0.3) is 0 Å². The van der Waals surface area contributed by atoms with Crippen molar-refractivity contribution in [3.63, 3.8) is 0 Å². The topological polar surface area (TPSA) is 69.7 Å². The monoisotopic (exact) mass is 452 g/mol. The van der Waals surface area contributed by atoms with Crippen LogP contribution in [0.2, 0.25) is 0 Å². The van der Waals surface area contributed by atoms with E-state index in [0.29, 0.717) is 0 Å². The molecule has 0 bridgehead atoms. The maximum absolute atomic E-state index is 13.4. The Morgan fingerprint density at radius 2 is 1.09 bits per heavy atom. The largest absolute Gasteiger partial charge is 0.872 e. The smallest absolute Gasteiger partial charge is 0.178 e. The predicted molar refractivity (Wildman–Crippen MR) is 131 cm³/mol. The number of nitrogens with zero attached hydrogens (tertiary/aromatic N) is 2. The second-order valence-electron chi connectivity index (χ2n) is 10.3. The van der Waals surface area contributed by atoms with Crippen molar-refractivity contribution >= 4 is 17.2 Å². The maximum atomic E-state index is 13.4. The Morgan fingerprint density at radius 3 is 1.53 bits per heavy atom. The number of allylic oxidation sites excluding steroid dienone is 5. The third-order valence-corrected chi connectivity index (χ3v) is 7.63. The molecule has 5 rings (SSSR count). The van der Waals surface area contributed by atoms with Gasteiger partial charge < -0.3 is 20.0 Å². The summed E-state index contributed by atoms with van der Waals surface area (Å²) < 4.78 is 0. The number of hydrogen-bond donors (Lipinski definition) is 0. The van der Waals surface area contributed by atoms with Crippen LogP contribution in [0.1, 0.15) is 38.8 Å². The number of para-hydroxylation sites is 2. The highest BCUT2D eigenvalue weighted by molar-refractivity contribution is 6.13. The summed E-state index contributed by atoms with van der Waals surface area (Å²) in [5.41, 5.74) is 5.00. The molecule has 0 aromatic heterocycles. The van der Waals surface area contributed by atoms with Crippen molar-refractivity contribution in [2.75, 3.05) is 23.9 Å². The number of anilines is 2. The summed E-state index contributed by atoms with van der Waals surface area (Å²) in [6.45, 7) is 8.25. The van der Waals surface area contributed by atoms with Gasteiger partial charge in [0.1, 0.15) is 0 Å². The zero-order valence-electron chi connectivity index (χ0n) is 20.4. The van der Waals surface area contributed by atoms with Crippen LogP contribution in [-0.4, -0.2) is 19.9 Å². The molecule has 2 aromatic rings. The minimum Gasteiger partial charge on any atom is -0.872 e. The number of carbonyl (C=O) groups excluding carboxylic acids is 1. The molecule has 0 radical (unpaired) electrons. The van der Waals surface area contributed by atoms with Gasteiger partial charge in [-0.05, 0) is 41.0 Å². The number of Topliss-reactive ketones (excluding diaryl/α,β-unsaturated/α-hetero) is 1. The lowest BCUT2D eigenvalue weighted by Crippen LogP contribution is -2.24. The molecule has 0 amide bonds. The highest BCUT2D eigenvalue weighted by atomic mass is 16.3. The molecule has 0 spiro atoms. The Kier molecular flexibility index (Phi) is 4.63. The number of hydrogen-bond acceptors (Lipinski definition) is 5. The Morgan fingerprint density at radius 1 is 0.676 bits per heavy atom. The summed E-state index contributed by atoms with van der Waals surface area (Å²) in [4.78, 5) is 17.0. The van der Waals surface area contributed by atoms with E-state index < -0.39 is 28.1 Å². The number of fused-ring (bicyclic) bond motifs is 2. The van der Waals surface area contributed by atoms with Gasteiger partial charge in [0.25, 0.3) is 0 Å². The Labute approximate surface area is 200 Å². The third-order valence-electron chi connectivity index (χ3n) is 7.63. The van der Waals surface area contributed by atoms with Crippen LogP contribution >= 0.6 is 0 Å². The summed E-state index contributed by atoms with van der Waals surface area (Å²) in [7, 11) is 3.84. The third kappa shape index (κ3) is 2.82. The molecule has 5 heteroatoms. The fraction of sp³-hybridized carbons (Fsp3) is 0.276. The van der Waals surface area contributed by atoms with Crippen LogP contribution in [0.4, 0.5) is 11.4 Å². The molecule has 2 heterocycles. The van der Waals surface area contributed by atoms with E-state index in [1.807, 2.05) is 60.3 Å². The van der Waals surface area contributed by atoms with Crippen molar-refractivity contribution in [2.45, 2.75) is 38.5 Å². The van der Waals surface area contributed by atoms with Gasteiger partial charge in [0, 0.05) is 53.3 Å². The summed E-state index contributed by atoms with van der Waals surface area (Å²) in [6.07, 6.45) is 3.23. The molecule has 0 saturated heterocycles. The van der Waals surface area contributed by atoms with E-state index >= 15 is 0 Å². The van der Waals surface area contributed by atoms with E-state index in [0.717, 1.165) is 33.9 Å². The number of carbonyl (C=O) groups is 1. The fourth-order valence-electron chi connectivity index (χ4n) is 5.65. The molecule has 174 valence electrons. The summed E-state index contributed by atoms with van der Waals surface area (Å²) in [5, 5.41) is 26.4. The van der Waals surface area contributed by atoms with Gasteiger partial charge in [-0.25, -0.2) is 0 Å². The lowest BCUT2D eigenvalue weighted by atomic mass is 9.83. The standard InChI is InChI=1S/C29H30N2O3/c1-28(2)19-11-7-9-13-21(19)30(5)23(28)15-17-25(32)18(27(34)26(17)33)16-24-29(3,4)20-12-8-10-14-22(20)31(24)6/h7-16,32H,1-6H3,(H,33,34)/p-2/b23-15-,24-16-. The van der Waals surface area contributed by atoms with Crippen LogP contribution in [0.15, 0.2) is 94.7 Å². The van der Waals surface area contributed by atoms with Gasteiger partial charge in [0.2, 0.25) is 0 Å². The number of ketones is 1. The highest BCUT2D eigenvalue weighted by Crippen LogP contribution is 2.49. The summed E-state index contributed by atoms with van der Waals surface area (Å²) in [6, 6.07) is 16.0. The summed E-state index contributed by atoms with van der Waals surface area (Å²) in [5.74, 6) is -1.98. The van der Waals surface area contributed by atoms with Gasteiger partial charge >= 0.3 is 0 Å². The molecule has 3 aliphatic rings. The molecule has 0 fully saturated rings. The van der Waals surface area contributed by atoms with Gasteiger partial charge in [0.15, 0.2) is 5.78 Å². The zero-order chi connectivity index (χ0) is 24.6. The molecule has 2 aliphatic heterocycles. The normalized spacial score (nSPS) is 22.9. The first-order valence-corrected chi connectivity index (χ1v) is 11.5. The average Bonchev–Trinajstić information content (AvgIpc) is 3.22. The van der Waals surface area contributed by atoms with Crippen molar-refractivity contribution in [3.05, 3.63) is 106 Å². The molecule has 0 unspecified atom stereocenters. The van der Waals surface area contributed by atoms with Crippen molar-refractivity contribution in [2.24, 2.45) is 0 Å². The molecule has 0 N–H and O–H groups in total. The Bertz CT molecular complexity index is 1370. The minimum atomic E-state index is -0.736. The van der Waals surface area contributed by atoms with Crippen LogP contribution in [0.5, 0.6) is 0 Å². The second kappa shape index (κ2) is 7.13. The quantitative estimate of drug-likeness (QED) is 0.698. The van der Waals surface area contributed by atoms with Crippen LogP contribution in [0, 0.1) is 0 Å². The van der Waals surface area contributed by atoms with Gasteiger partial charge in [-0.3, -0.25) is 4.79 Å². The number of benzene rings is 2. The maximum Gasteiger partial charge on any atom is 0.178 e. The van der Waals surface area contributed by atoms with E-state index in [4.69, 9.17) is 0 Å². The number of likely N-dealkylation sites (N-methyl/N-ethyl adjacent to an activating group) is 2. The highest BCUT2D eigenvalue weighted by Gasteiger charge is 2.40. The summed E-state index contributed by atoms with van der Waals surface area (Å²) >= 11 is 0.